The number of aliphatic hydroxyl groups excluding tert-OH is 11. The van der Waals surface area contributed by atoms with Crippen LogP contribution < -0.4 is 5.32 Å². The minimum absolute atomic E-state index is 0.749. The normalized spacial score (nSPS) is 45.3. The second-order valence-corrected chi connectivity index (χ2v) is 10.5. The predicted molar refractivity (Wildman–Crippen MR) is 130 cm³/mol. The molecule has 0 spiro atoms. The highest BCUT2D eigenvalue weighted by Crippen LogP contribution is 2.38. The number of aliphatic hydroxyl groups is 11. The number of amides is 1. The Kier molecular flexibility index (Phi) is 12.1. The van der Waals surface area contributed by atoms with E-state index < -0.39 is 136 Å². The summed E-state index contributed by atoms with van der Waals surface area (Å²) in [7, 11) is 0. The Labute approximate surface area is 243 Å². The first kappa shape index (κ1) is 35.8. The molecule has 3 heterocycles. The van der Waals surface area contributed by atoms with E-state index in [9.17, 15) is 70.9 Å². The lowest BCUT2D eigenvalue weighted by Gasteiger charge is -2.50. The molecule has 1 amide bonds. The summed E-state index contributed by atoms with van der Waals surface area (Å²) < 4.78 is 26.8. The largest absolute Gasteiger partial charge is 0.477 e. The molecule has 0 aromatic rings. The van der Waals surface area contributed by atoms with Crippen molar-refractivity contribution >= 4 is 11.9 Å². The predicted octanol–water partition coefficient (Wildman–Crippen LogP) is -8.22. The van der Waals surface area contributed by atoms with Gasteiger partial charge in [-0.2, -0.15) is 0 Å². The number of nitrogens with one attached hydrogen (secondary N) is 1. The van der Waals surface area contributed by atoms with Gasteiger partial charge in [0.2, 0.25) is 5.91 Å². The third kappa shape index (κ3) is 7.41. The summed E-state index contributed by atoms with van der Waals surface area (Å²) in [4.78, 5) is 24.3. The lowest BCUT2D eigenvalue weighted by Crippen LogP contribution is -2.70. The number of carbonyl (C=O) groups is 2. The molecule has 43 heavy (non-hydrogen) atoms. The van der Waals surface area contributed by atoms with Gasteiger partial charge in [0.25, 0.3) is 5.79 Å². The Balaban J connectivity index is 1.94. The van der Waals surface area contributed by atoms with Crippen molar-refractivity contribution in [1.82, 2.24) is 5.32 Å². The molecule has 5 unspecified atom stereocenters. The number of hydrogen-bond donors (Lipinski definition) is 13. The van der Waals surface area contributed by atoms with Gasteiger partial charge in [-0.3, -0.25) is 4.79 Å². The van der Waals surface area contributed by atoms with Gasteiger partial charge in [-0.1, -0.05) is 0 Å². The summed E-state index contributed by atoms with van der Waals surface area (Å²) in [6, 6.07) is -1.54. The second kappa shape index (κ2) is 14.6. The van der Waals surface area contributed by atoms with Gasteiger partial charge in [0.05, 0.1) is 32.0 Å². The van der Waals surface area contributed by atoms with Crippen molar-refractivity contribution < 1.29 is 94.6 Å². The number of aliphatic carboxylic acids is 1. The standard InChI is InChI=1S/C23H39NO19/c1-6(28)24-11-7(29)2-23(22(37)38,42-18(11)12(31)8(30)3-25)43-19-13(32)9(4-26)40-21(16(19)35)41-17-10(5-27)39-20(36)15(34)14(17)33/h7-21,25-27,29-36H,2-5H2,1H3,(H,24,28)(H,37,38)/t7-,8-,9?,10?,11-,12-,13+,14-,15?,16?,17-,18?,19+,20-,21+,23+/m1/s1. The SMILES string of the molecule is CC(=O)N[C@H]1C([C@H](O)[C@H](O)CO)O[C@@](O[C@@H]2C(O)[C@H](O[C@@H]3C(CO)O[C@@H](O)C(O)[C@H]3O)OC(CO)[C@@H]2O)(C(=O)O)C[C@H]1O. The van der Waals surface area contributed by atoms with E-state index >= 15 is 0 Å². The molecule has 0 saturated carbocycles. The van der Waals surface area contributed by atoms with E-state index in [0.717, 1.165) is 6.92 Å². The molecule has 3 fully saturated rings. The van der Waals surface area contributed by atoms with Gasteiger partial charge >= 0.3 is 5.97 Å². The number of hydrogen-bond acceptors (Lipinski definition) is 18. The van der Waals surface area contributed by atoms with Gasteiger partial charge in [0, 0.05) is 13.3 Å². The molecule has 0 aliphatic carbocycles. The van der Waals surface area contributed by atoms with Gasteiger partial charge in [-0.15, -0.1) is 0 Å². The Hall–Kier alpha value is -1.70. The molecule has 0 radical (unpaired) electrons. The number of rotatable bonds is 11. The van der Waals surface area contributed by atoms with E-state index in [2.05, 4.69) is 5.32 Å². The molecular weight excluding hydrogens is 594 g/mol. The van der Waals surface area contributed by atoms with Gasteiger partial charge in [0.15, 0.2) is 12.6 Å². The van der Waals surface area contributed by atoms with Gasteiger partial charge < -0.3 is 90.3 Å². The molecule has 13 N–H and O–H groups in total. The second-order valence-electron chi connectivity index (χ2n) is 10.5. The first-order valence-electron chi connectivity index (χ1n) is 13.2. The quantitative estimate of drug-likeness (QED) is 0.100. The molecule has 0 aromatic carbocycles. The summed E-state index contributed by atoms with van der Waals surface area (Å²) in [5.41, 5.74) is 0. The summed E-state index contributed by atoms with van der Waals surface area (Å²) in [5.74, 6) is -5.74. The fourth-order valence-corrected chi connectivity index (χ4v) is 5.16. The molecule has 3 aliphatic rings. The Morgan fingerprint density at radius 1 is 0.907 bits per heavy atom. The fourth-order valence-electron chi connectivity index (χ4n) is 5.16. The maximum atomic E-state index is 12.5. The average Bonchev–Trinajstić information content (AvgIpc) is 2.96. The minimum Gasteiger partial charge on any atom is -0.477 e. The molecule has 3 rings (SSSR count). The summed E-state index contributed by atoms with van der Waals surface area (Å²) in [6.07, 6.45) is -27.8. The molecule has 3 aliphatic heterocycles. The van der Waals surface area contributed by atoms with Crippen LogP contribution in [0.2, 0.25) is 0 Å². The van der Waals surface area contributed by atoms with Crippen LogP contribution in [0.1, 0.15) is 13.3 Å². The molecule has 250 valence electrons. The third-order valence-corrected chi connectivity index (χ3v) is 7.47. The lowest BCUT2D eigenvalue weighted by molar-refractivity contribution is -0.385. The summed E-state index contributed by atoms with van der Waals surface area (Å²) in [6.45, 7) is -1.85. The zero-order chi connectivity index (χ0) is 32.4. The highest BCUT2D eigenvalue weighted by molar-refractivity contribution is 5.76. The van der Waals surface area contributed by atoms with Crippen LogP contribution in [0, 0.1) is 0 Å². The minimum atomic E-state index is -3.02. The van der Waals surface area contributed by atoms with E-state index in [0.29, 0.717) is 0 Å². The van der Waals surface area contributed by atoms with Crippen molar-refractivity contribution in [3.63, 3.8) is 0 Å². The summed E-state index contributed by atoms with van der Waals surface area (Å²) in [5, 5.41) is 124. The molecule has 0 bridgehead atoms. The number of carboxylic acid groups (broad SMARTS) is 1. The average molecular weight is 634 g/mol. The third-order valence-electron chi connectivity index (χ3n) is 7.47. The molecular formula is C23H39NO19. The maximum absolute atomic E-state index is 12.5. The highest BCUT2D eigenvalue weighted by Gasteiger charge is 2.60. The fraction of sp³-hybridized carbons (Fsp3) is 0.913. The van der Waals surface area contributed by atoms with E-state index in [4.69, 9.17) is 23.7 Å². The van der Waals surface area contributed by atoms with Crippen molar-refractivity contribution in [2.45, 2.75) is 111 Å². The van der Waals surface area contributed by atoms with Crippen LogP contribution >= 0.6 is 0 Å². The molecule has 20 nitrogen and oxygen atoms in total. The smallest absolute Gasteiger partial charge is 0.364 e. The van der Waals surface area contributed by atoms with Crippen molar-refractivity contribution in [2.24, 2.45) is 0 Å². The van der Waals surface area contributed by atoms with E-state index in [1.807, 2.05) is 0 Å². The zero-order valence-electron chi connectivity index (χ0n) is 22.7. The van der Waals surface area contributed by atoms with Crippen LogP contribution in [0.3, 0.4) is 0 Å². The first-order chi connectivity index (χ1) is 20.1. The number of ether oxygens (including phenoxy) is 5. The van der Waals surface area contributed by atoms with Crippen molar-refractivity contribution in [3.05, 3.63) is 0 Å². The first-order valence-corrected chi connectivity index (χ1v) is 13.2. The molecule has 0 aromatic heterocycles. The summed E-state index contributed by atoms with van der Waals surface area (Å²) >= 11 is 0. The molecule has 16 atom stereocenters. The van der Waals surface area contributed by atoms with E-state index in [1.54, 1.807) is 0 Å². The molecule has 3 saturated heterocycles. The van der Waals surface area contributed by atoms with Crippen LogP contribution in [0.4, 0.5) is 0 Å². The van der Waals surface area contributed by atoms with Crippen molar-refractivity contribution in [2.75, 3.05) is 19.8 Å². The lowest BCUT2D eigenvalue weighted by atomic mass is 9.88. The van der Waals surface area contributed by atoms with Crippen LogP contribution in [-0.2, 0) is 33.3 Å². The van der Waals surface area contributed by atoms with Crippen LogP contribution in [0.15, 0.2) is 0 Å². The van der Waals surface area contributed by atoms with Crippen LogP contribution in [0.5, 0.6) is 0 Å². The Morgan fingerprint density at radius 2 is 1.53 bits per heavy atom. The zero-order valence-corrected chi connectivity index (χ0v) is 22.7. The molecule has 20 heteroatoms. The highest BCUT2D eigenvalue weighted by atomic mass is 16.8. The van der Waals surface area contributed by atoms with E-state index in [1.165, 1.54) is 0 Å². The Morgan fingerprint density at radius 3 is 2.07 bits per heavy atom. The van der Waals surface area contributed by atoms with Crippen molar-refractivity contribution in [1.29, 1.82) is 0 Å². The van der Waals surface area contributed by atoms with Crippen molar-refractivity contribution in [3.8, 4) is 0 Å². The van der Waals surface area contributed by atoms with Gasteiger partial charge in [-0.05, 0) is 0 Å². The number of carboxylic acids is 1. The monoisotopic (exact) mass is 633 g/mol. The number of carbonyl (C=O) groups excluding carboxylic acids is 1. The Bertz CT molecular complexity index is 942. The topological polar surface area (TPSA) is 335 Å². The van der Waals surface area contributed by atoms with Crippen LogP contribution in [0.25, 0.3) is 0 Å². The van der Waals surface area contributed by atoms with Crippen LogP contribution in [-0.4, -0.2) is 191 Å². The van der Waals surface area contributed by atoms with Gasteiger partial charge in [-0.25, -0.2) is 4.79 Å². The maximum Gasteiger partial charge on any atom is 0.364 e. The van der Waals surface area contributed by atoms with E-state index in [-0.39, 0.29) is 0 Å². The van der Waals surface area contributed by atoms with Gasteiger partial charge in [0.1, 0.15) is 67.1 Å².